The van der Waals surface area contributed by atoms with Crippen molar-refractivity contribution < 1.29 is 5.11 Å². The van der Waals surface area contributed by atoms with Gasteiger partial charge in [0.2, 0.25) is 0 Å². The zero-order chi connectivity index (χ0) is 10.9. The van der Waals surface area contributed by atoms with E-state index in [1.807, 2.05) is 0 Å². The van der Waals surface area contributed by atoms with E-state index in [0.29, 0.717) is 5.92 Å². The van der Waals surface area contributed by atoms with Crippen molar-refractivity contribution in [2.75, 3.05) is 0 Å². The lowest BCUT2D eigenvalue weighted by atomic mass is 9.63. The lowest BCUT2D eigenvalue weighted by molar-refractivity contribution is -0.0891. The minimum atomic E-state index is -0.564. The van der Waals surface area contributed by atoms with Crippen LogP contribution < -0.4 is 5.73 Å². The Labute approximate surface area is 93.2 Å². The highest BCUT2D eigenvalue weighted by molar-refractivity contribution is 5.06. The van der Waals surface area contributed by atoms with Crippen molar-refractivity contribution in [1.29, 1.82) is 0 Å². The molecule has 0 radical (unpaired) electrons. The van der Waals surface area contributed by atoms with Crippen molar-refractivity contribution in [2.24, 2.45) is 11.7 Å². The molecule has 2 unspecified atom stereocenters. The van der Waals surface area contributed by atoms with Crippen LogP contribution in [0.2, 0.25) is 0 Å². The van der Waals surface area contributed by atoms with E-state index in [4.69, 9.17) is 5.73 Å². The summed E-state index contributed by atoms with van der Waals surface area (Å²) in [5, 5.41) is 10.8. The highest BCUT2D eigenvalue weighted by Crippen LogP contribution is 2.44. The van der Waals surface area contributed by atoms with Crippen LogP contribution in [-0.4, -0.2) is 16.2 Å². The Kier molecular flexibility index (Phi) is 3.09. The van der Waals surface area contributed by atoms with Gasteiger partial charge in [-0.3, -0.25) is 0 Å². The molecular weight excluding hydrogens is 186 g/mol. The van der Waals surface area contributed by atoms with Gasteiger partial charge in [-0.15, -0.1) is 0 Å². The fourth-order valence-electron chi connectivity index (χ4n) is 3.62. The highest BCUT2D eigenvalue weighted by atomic mass is 16.3. The molecule has 0 aromatic carbocycles. The summed E-state index contributed by atoms with van der Waals surface area (Å²) in [6.45, 7) is 2.25. The second-order valence-electron chi connectivity index (χ2n) is 5.95. The fraction of sp³-hybridized carbons (Fsp3) is 1.00. The molecule has 0 bridgehead atoms. The normalized spacial score (nSPS) is 41.4. The number of aliphatic hydroxyl groups is 1. The predicted octanol–water partition coefficient (Wildman–Crippen LogP) is 2.59. The van der Waals surface area contributed by atoms with Gasteiger partial charge in [-0.25, -0.2) is 0 Å². The summed E-state index contributed by atoms with van der Waals surface area (Å²) < 4.78 is 0. The van der Waals surface area contributed by atoms with Crippen molar-refractivity contribution in [2.45, 2.75) is 75.9 Å². The minimum absolute atomic E-state index is 0.278. The summed E-state index contributed by atoms with van der Waals surface area (Å²) in [5.74, 6) is 0.645. The molecule has 2 atom stereocenters. The van der Waals surface area contributed by atoms with Gasteiger partial charge in [0.15, 0.2) is 0 Å². The van der Waals surface area contributed by atoms with Gasteiger partial charge in [-0.1, -0.05) is 39.0 Å². The van der Waals surface area contributed by atoms with Crippen LogP contribution in [0, 0.1) is 5.92 Å². The van der Waals surface area contributed by atoms with Gasteiger partial charge < -0.3 is 10.8 Å². The first-order valence-electron chi connectivity index (χ1n) is 6.57. The van der Waals surface area contributed by atoms with Crippen LogP contribution in [0.3, 0.4) is 0 Å². The second kappa shape index (κ2) is 4.06. The molecule has 0 amide bonds. The molecule has 0 aromatic heterocycles. The van der Waals surface area contributed by atoms with Gasteiger partial charge in [0.05, 0.1) is 5.60 Å². The van der Waals surface area contributed by atoms with Crippen LogP contribution >= 0.6 is 0 Å². The first kappa shape index (κ1) is 11.4. The SMILES string of the molecule is CC1CCCC(O)(C2(N)CCCCC2)C1. The van der Waals surface area contributed by atoms with Crippen LogP contribution in [-0.2, 0) is 0 Å². The molecule has 2 saturated carbocycles. The van der Waals surface area contributed by atoms with Gasteiger partial charge in [0.1, 0.15) is 0 Å². The molecule has 15 heavy (non-hydrogen) atoms. The van der Waals surface area contributed by atoms with Gasteiger partial charge in [-0.2, -0.15) is 0 Å². The van der Waals surface area contributed by atoms with Gasteiger partial charge in [-0.05, 0) is 31.6 Å². The summed E-state index contributed by atoms with van der Waals surface area (Å²) in [7, 11) is 0. The maximum absolute atomic E-state index is 10.8. The third-order valence-electron chi connectivity index (χ3n) is 4.65. The fourth-order valence-corrected chi connectivity index (χ4v) is 3.62. The van der Waals surface area contributed by atoms with Crippen molar-refractivity contribution >= 4 is 0 Å². The molecular formula is C13H25NO. The third-order valence-corrected chi connectivity index (χ3v) is 4.65. The Bertz CT molecular complexity index is 223. The zero-order valence-electron chi connectivity index (χ0n) is 9.97. The number of hydrogen-bond donors (Lipinski definition) is 2. The molecule has 0 saturated heterocycles. The number of hydrogen-bond acceptors (Lipinski definition) is 2. The summed E-state index contributed by atoms with van der Waals surface area (Å²) in [6.07, 6.45) is 10.0. The largest absolute Gasteiger partial charge is 0.388 e. The first-order chi connectivity index (χ1) is 7.06. The van der Waals surface area contributed by atoms with E-state index in [9.17, 15) is 5.11 Å². The summed E-state index contributed by atoms with van der Waals surface area (Å²) in [5.41, 5.74) is 5.64. The maximum atomic E-state index is 10.8. The van der Waals surface area contributed by atoms with Crippen LogP contribution in [0.15, 0.2) is 0 Å². The monoisotopic (exact) mass is 211 g/mol. The van der Waals surface area contributed by atoms with Crippen molar-refractivity contribution in [3.05, 3.63) is 0 Å². The molecule has 3 N–H and O–H groups in total. The lowest BCUT2D eigenvalue weighted by Crippen LogP contribution is -2.62. The highest BCUT2D eigenvalue weighted by Gasteiger charge is 2.49. The third kappa shape index (κ3) is 2.07. The topological polar surface area (TPSA) is 46.2 Å². The van der Waals surface area contributed by atoms with Gasteiger partial charge in [0, 0.05) is 5.54 Å². The summed E-state index contributed by atoms with van der Waals surface area (Å²) in [4.78, 5) is 0. The molecule has 88 valence electrons. The smallest absolute Gasteiger partial charge is 0.0828 e. The Morgan fingerprint density at radius 1 is 1.07 bits per heavy atom. The van der Waals surface area contributed by atoms with E-state index in [1.54, 1.807) is 0 Å². The zero-order valence-corrected chi connectivity index (χ0v) is 9.97. The Morgan fingerprint density at radius 2 is 1.73 bits per heavy atom. The van der Waals surface area contributed by atoms with E-state index in [1.165, 1.54) is 25.7 Å². The molecule has 0 aromatic rings. The van der Waals surface area contributed by atoms with Crippen molar-refractivity contribution in [1.82, 2.24) is 0 Å². The van der Waals surface area contributed by atoms with Gasteiger partial charge >= 0.3 is 0 Å². The Balaban J connectivity index is 2.11. The van der Waals surface area contributed by atoms with E-state index in [0.717, 1.165) is 32.1 Å². The van der Waals surface area contributed by atoms with Gasteiger partial charge in [0.25, 0.3) is 0 Å². The molecule has 2 rings (SSSR count). The lowest BCUT2D eigenvalue weighted by Gasteiger charge is -2.50. The number of nitrogens with two attached hydrogens (primary N) is 1. The second-order valence-corrected chi connectivity index (χ2v) is 5.95. The molecule has 2 aliphatic rings. The Hall–Kier alpha value is -0.0800. The molecule has 2 nitrogen and oxygen atoms in total. The van der Waals surface area contributed by atoms with Crippen LogP contribution in [0.1, 0.15) is 64.7 Å². The Morgan fingerprint density at radius 3 is 2.33 bits per heavy atom. The van der Waals surface area contributed by atoms with Crippen molar-refractivity contribution in [3.63, 3.8) is 0 Å². The van der Waals surface area contributed by atoms with E-state index < -0.39 is 5.60 Å². The molecule has 0 spiro atoms. The van der Waals surface area contributed by atoms with Crippen LogP contribution in [0.4, 0.5) is 0 Å². The average molecular weight is 211 g/mol. The molecule has 2 fully saturated rings. The average Bonchev–Trinajstić information content (AvgIpc) is 2.18. The van der Waals surface area contributed by atoms with E-state index in [2.05, 4.69) is 6.92 Å². The molecule has 0 aliphatic heterocycles. The standard InChI is InChI=1S/C13H25NO/c1-11-6-5-9-13(15,10-11)12(14)7-3-2-4-8-12/h11,15H,2-10,14H2,1H3. The first-order valence-corrected chi connectivity index (χ1v) is 6.57. The van der Waals surface area contributed by atoms with Crippen molar-refractivity contribution in [3.8, 4) is 0 Å². The quantitative estimate of drug-likeness (QED) is 0.700. The summed E-state index contributed by atoms with van der Waals surface area (Å²) in [6, 6.07) is 0. The molecule has 2 heteroatoms. The maximum Gasteiger partial charge on any atom is 0.0828 e. The van der Waals surface area contributed by atoms with Crippen LogP contribution in [0.25, 0.3) is 0 Å². The van der Waals surface area contributed by atoms with E-state index in [-0.39, 0.29) is 5.54 Å². The van der Waals surface area contributed by atoms with E-state index >= 15 is 0 Å². The summed E-state index contributed by atoms with van der Waals surface area (Å²) >= 11 is 0. The predicted molar refractivity (Wildman–Crippen MR) is 62.6 cm³/mol. The van der Waals surface area contributed by atoms with Crippen LogP contribution in [0.5, 0.6) is 0 Å². The minimum Gasteiger partial charge on any atom is -0.388 e. The molecule has 2 aliphatic carbocycles. The molecule has 0 heterocycles. The number of rotatable bonds is 1.